The molecule has 5 heteroatoms. The molecule has 0 aliphatic carbocycles. The van der Waals surface area contributed by atoms with Gasteiger partial charge in [-0.2, -0.15) is 0 Å². The van der Waals surface area contributed by atoms with E-state index in [1.165, 1.54) is 31.2 Å². The van der Waals surface area contributed by atoms with Gasteiger partial charge in [0.05, 0.1) is 5.56 Å². The molecule has 19 heavy (non-hydrogen) atoms. The predicted octanol–water partition coefficient (Wildman–Crippen LogP) is 4.92. The van der Waals surface area contributed by atoms with Gasteiger partial charge in [0.1, 0.15) is 0 Å². The Morgan fingerprint density at radius 2 is 1.84 bits per heavy atom. The number of hydrogen-bond acceptors (Lipinski definition) is 1. The molecule has 0 aliphatic heterocycles. The van der Waals surface area contributed by atoms with Crippen LogP contribution in [-0.2, 0) is 0 Å². The van der Waals surface area contributed by atoms with Crippen LogP contribution in [-0.4, -0.2) is 5.78 Å². The molecule has 0 bridgehead atoms. The fraction of sp³-hybridized carbons (Fsp3) is 0.0714. The van der Waals surface area contributed by atoms with Crippen LogP contribution < -0.4 is 0 Å². The molecule has 0 radical (unpaired) electrons. The summed E-state index contributed by atoms with van der Waals surface area (Å²) in [7, 11) is 0. The Balaban J connectivity index is 2.53. The first kappa shape index (κ1) is 14.2. The van der Waals surface area contributed by atoms with Gasteiger partial charge in [0.2, 0.25) is 0 Å². The molecule has 1 nitrogen and oxygen atoms in total. The topological polar surface area (TPSA) is 17.1 Å². The lowest BCUT2D eigenvalue weighted by molar-refractivity contribution is 0.103. The number of hydrogen-bond donors (Lipinski definition) is 0. The van der Waals surface area contributed by atoms with E-state index in [1.807, 2.05) is 0 Å². The molecule has 0 heterocycles. The highest BCUT2D eigenvalue weighted by atomic mass is 79.9. The van der Waals surface area contributed by atoms with Crippen molar-refractivity contribution in [3.05, 3.63) is 68.2 Å². The first-order valence-electron chi connectivity index (χ1n) is 5.35. The number of aryl methyl sites for hydroxylation is 1. The van der Waals surface area contributed by atoms with Crippen LogP contribution in [0.2, 0.25) is 5.02 Å². The Labute approximate surface area is 122 Å². The molecule has 2 aromatic carbocycles. The summed E-state index contributed by atoms with van der Waals surface area (Å²) in [5.74, 6) is -2.76. The maximum Gasteiger partial charge on any atom is 0.196 e. The van der Waals surface area contributed by atoms with Crippen molar-refractivity contribution in [1.29, 1.82) is 0 Å². The molecule has 0 saturated heterocycles. The van der Waals surface area contributed by atoms with Crippen molar-refractivity contribution in [3.8, 4) is 0 Å². The first-order chi connectivity index (χ1) is 8.90. The second-order valence-electron chi connectivity index (χ2n) is 4.05. The van der Waals surface area contributed by atoms with Crippen molar-refractivity contribution in [2.75, 3.05) is 0 Å². The van der Waals surface area contributed by atoms with Gasteiger partial charge >= 0.3 is 0 Å². The van der Waals surface area contributed by atoms with Crippen LogP contribution >= 0.6 is 27.5 Å². The molecule has 0 atom stereocenters. The van der Waals surface area contributed by atoms with Gasteiger partial charge in [0.15, 0.2) is 17.4 Å². The Morgan fingerprint density at radius 1 is 1.16 bits per heavy atom. The van der Waals surface area contributed by atoms with Crippen LogP contribution in [0.3, 0.4) is 0 Å². The van der Waals surface area contributed by atoms with Gasteiger partial charge in [-0.15, -0.1) is 0 Å². The lowest BCUT2D eigenvalue weighted by Gasteiger charge is -2.06. The molecule has 0 spiro atoms. The Bertz CT molecular complexity index is 650. The van der Waals surface area contributed by atoms with Crippen LogP contribution in [0.15, 0.2) is 34.8 Å². The van der Waals surface area contributed by atoms with Crippen LogP contribution in [0.5, 0.6) is 0 Å². The molecular weight excluding hydrogens is 338 g/mol. The molecule has 0 unspecified atom stereocenters. The van der Waals surface area contributed by atoms with E-state index in [0.29, 0.717) is 9.50 Å². The third-order valence-electron chi connectivity index (χ3n) is 2.64. The van der Waals surface area contributed by atoms with Gasteiger partial charge < -0.3 is 0 Å². The van der Waals surface area contributed by atoms with Gasteiger partial charge in [0.25, 0.3) is 0 Å². The number of rotatable bonds is 2. The average Bonchev–Trinajstić information content (AvgIpc) is 2.34. The zero-order valence-electron chi connectivity index (χ0n) is 9.81. The minimum atomic E-state index is -1.14. The summed E-state index contributed by atoms with van der Waals surface area (Å²) in [4.78, 5) is 12.1. The van der Waals surface area contributed by atoms with Crippen molar-refractivity contribution in [1.82, 2.24) is 0 Å². The normalized spacial score (nSPS) is 10.6. The smallest absolute Gasteiger partial charge is 0.196 e. The maximum absolute atomic E-state index is 13.8. The minimum absolute atomic E-state index is 0.154. The third kappa shape index (κ3) is 2.85. The van der Waals surface area contributed by atoms with E-state index in [9.17, 15) is 13.6 Å². The second kappa shape index (κ2) is 5.39. The standard InChI is InChI=1S/C14H8BrClF2O/c1-7-2-3-11(13(18)12(7)17)14(19)8-4-9(15)6-10(16)5-8/h2-6H,1H3. The van der Waals surface area contributed by atoms with Crippen molar-refractivity contribution in [2.45, 2.75) is 6.92 Å². The molecule has 0 N–H and O–H groups in total. The molecule has 0 fully saturated rings. The van der Waals surface area contributed by atoms with Crippen LogP contribution in [0.4, 0.5) is 8.78 Å². The largest absolute Gasteiger partial charge is 0.288 e. The van der Waals surface area contributed by atoms with Gasteiger partial charge in [-0.25, -0.2) is 8.78 Å². The van der Waals surface area contributed by atoms with E-state index in [-0.39, 0.29) is 16.7 Å². The van der Waals surface area contributed by atoms with Gasteiger partial charge in [-0.05, 0) is 36.8 Å². The van der Waals surface area contributed by atoms with Gasteiger partial charge in [-0.1, -0.05) is 33.6 Å². The summed E-state index contributed by atoms with van der Waals surface area (Å²) in [6, 6.07) is 7.15. The fourth-order valence-corrected chi connectivity index (χ4v) is 2.52. The molecule has 0 amide bonds. The lowest BCUT2D eigenvalue weighted by atomic mass is 10.0. The van der Waals surface area contributed by atoms with Gasteiger partial charge in [0, 0.05) is 15.1 Å². The van der Waals surface area contributed by atoms with Crippen molar-refractivity contribution in [2.24, 2.45) is 0 Å². The predicted molar refractivity (Wildman–Crippen MR) is 73.7 cm³/mol. The number of carbonyl (C=O) groups is 1. The molecule has 2 aromatic rings. The Hall–Kier alpha value is -1.26. The highest BCUT2D eigenvalue weighted by molar-refractivity contribution is 9.10. The number of ketones is 1. The Morgan fingerprint density at radius 3 is 2.47 bits per heavy atom. The van der Waals surface area contributed by atoms with E-state index >= 15 is 0 Å². The highest BCUT2D eigenvalue weighted by Gasteiger charge is 2.19. The van der Waals surface area contributed by atoms with E-state index in [1.54, 1.807) is 6.07 Å². The summed E-state index contributed by atoms with van der Waals surface area (Å²) in [5.41, 5.74) is 0.0418. The summed E-state index contributed by atoms with van der Waals surface area (Å²) < 4.78 is 27.8. The third-order valence-corrected chi connectivity index (χ3v) is 3.32. The summed E-state index contributed by atoms with van der Waals surface area (Å²) in [5, 5.41) is 0.339. The van der Waals surface area contributed by atoms with Crippen LogP contribution in [0, 0.1) is 18.6 Å². The SMILES string of the molecule is Cc1ccc(C(=O)c2cc(Cl)cc(Br)c2)c(F)c1F. The molecular formula is C14H8BrClF2O. The number of benzene rings is 2. The zero-order valence-corrected chi connectivity index (χ0v) is 12.1. The zero-order chi connectivity index (χ0) is 14.2. The quantitative estimate of drug-likeness (QED) is 0.706. The molecule has 0 aliphatic rings. The van der Waals surface area contributed by atoms with Crippen LogP contribution in [0.1, 0.15) is 21.5 Å². The minimum Gasteiger partial charge on any atom is -0.288 e. The fourth-order valence-electron chi connectivity index (χ4n) is 1.66. The van der Waals surface area contributed by atoms with E-state index < -0.39 is 17.4 Å². The monoisotopic (exact) mass is 344 g/mol. The Kier molecular flexibility index (Phi) is 4.02. The van der Waals surface area contributed by atoms with Crippen LogP contribution in [0.25, 0.3) is 0 Å². The average molecular weight is 346 g/mol. The van der Waals surface area contributed by atoms with E-state index in [0.717, 1.165) is 0 Å². The molecule has 0 saturated carbocycles. The molecule has 98 valence electrons. The summed E-state index contributed by atoms with van der Waals surface area (Å²) in [6.07, 6.45) is 0. The van der Waals surface area contributed by atoms with E-state index in [4.69, 9.17) is 11.6 Å². The second-order valence-corrected chi connectivity index (χ2v) is 5.40. The number of halogens is 4. The molecule has 2 rings (SSSR count). The van der Waals surface area contributed by atoms with Crippen molar-refractivity contribution >= 4 is 33.3 Å². The molecule has 0 aromatic heterocycles. The van der Waals surface area contributed by atoms with Gasteiger partial charge in [-0.3, -0.25) is 4.79 Å². The van der Waals surface area contributed by atoms with Crippen molar-refractivity contribution < 1.29 is 13.6 Å². The number of carbonyl (C=O) groups excluding carboxylic acids is 1. The van der Waals surface area contributed by atoms with Crippen molar-refractivity contribution in [3.63, 3.8) is 0 Å². The summed E-state index contributed by atoms with van der Waals surface area (Å²) in [6.45, 7) is 1.43. The lowest BCUT2D eigenvalue weighted by Crippen LogP contribution is -2.07. The first-order valence-corrected chi connectivity index (χ1v) is 6.52. The van der Waals surface area contributed by atoms with E-state index in [2.05, 4.69) is 15.9 Å². The highest BCUT2D eigenvalue weighted by Crippen LogP contribution is 2.24. The maximum atomic E-state index is 13.8. The summed E-state index contributed by atoms with van der Waals surface area (Å²) >= 11 is 9.02.